The van der Waals surface area contributed by atoms with Crippen molar-refractivity contribution >= 4 is 35.6 Å². The summed E-state index contributed by atoms with van der Waals surface area (Å²) < 4.78 is 15.6. The molecule has 8 heteroatoms. The lowest BCUT2D eigenvalue weighted by molar-refractivity contribution is 0.397. The standard InChI is InChI=1S/C16H20N4O3.HI/c1-21-12-4-5-14(22-2)13(9-12)20-16(17)19-10-11-6-7-18-15(8-11)23-3;/h4-9H,10H2,1-3H3,(H3,17,19,20);1H. The maximum atomic E-state index is 5.93. The molecule has 0 unspecified atom stereocenters. The van der Waals surface area contributed by atoms with E-state index >= 15 is 0 Å². The normalized spacial score (nSPS) is 10.5. The molecule has 0 aliphatic rings. The first kappa shape index (κ1) is 19.8. The first-order valence-electron chi connectivity index (χ1n) is 6.94. The van der Waals surface area contributed by atoms with Gasteiger partial charge < -0.3 is 25.3 Å². The van der Waals surface area contributed by atoms with Crippen LogP contribution in [0.5, 0.6) is 17.4 Å². The molecule has 0 aliphatic heterocycles. The number of methoxy groups -OCH3 is 3. The van der Waals surface area contributed by atoms with Crippen molar-refractivity contribution < 1.29 is 14.2 Å². The van der Waals surface area contributed by atoms with Gasteiger partial charge in [-0.15, -0.1) is 24.0 Å². The minimum absolute atomic E-state index is 0. The molecular formula is C16H21IN4O3. The number of hydrogen-bond donors (Lipinski definition) is 2. The van der Waals surface area contributed by atoms with Gasteiger partial charge in [0.25, 0.3) is 0 Å². The Morgan fingerprint density at radius 1 is 1.12 bits per heavy atom. The summed E-state index contributed by atoms with van der Waals surface area (Å²) in [7, 11) is 4.75. The van der Waals surface area contributed by atoms with E-state index in [-0.39, 0.29) is 29.9 Å². The number of pyridine rings is 1. The Labute approximate surface area is 158 Å². The zero-order valence-corrected chi connectivity index (χ0v) is 16.1. The van der Waals surface area contributed by atoms with Crippen LogP contribution in [-0.2, 0) is 6.54 Å². The highest BCUT2D eigenvalue weighted by Crippen LogP contribution is 2.28. The van der Waals surface area contributed by atoms with Crippen molar-refractivity contribution in [3.8, 4) is 17.4 Å². The lowest BCUT2D eigenvalue weighted by Crippen LogP contribution is -2.23. The molecular weight excluding hydrogens is 423 g/mol. The molecule has 3 N–H and O–H groups in total. The Hall–Kier alpha value is -2.23. The fraction of sp³-hybridized carbons (Fsp3) is 0.250. The summed E-state index contributed by atoms with van der Waals surface area (Å²) in [6, 6.07) is 9.05. The topological polar surface area (TPSA) is 91.0 Å². The van der Waals surface area contributed by atoms with E-state index in [2.05, 4.69) is 15.3 Å². The van der Waals surface area contributed by atoms with E-state index < -0.39 is 0 Å². The van der Waals surface area contributed by atoms with Gasteiger partial charge in [0, 0.05) is 18.3 Å². The van der Waals surface area contributed by atoms with E-state index in [0.29, 0.717) is 29.6 Å². The molecule has 2 rings (SSSR count). The van der Waals surface area contributed by atoms with Crippen LogP contribution in [0.15, 0.2) is 41.5 Å². The first-order valence-corrected chi connectivity index (χ1v) is 6.94. The number of ether oxygens (including phenoxy) is 3. The molecule has 1 heterocycles. The second kappa shape index (κ2) is 9.81. The van der Waals surface area contributed by atoms with Crippen LogP contribution in [0.25, 0.3) is 0 Å². The Morgan fingerprint density at radius 2 is 1.92 bits per heavy atom. The summed E-state index contributed by atoms with van der Waals surface area (Å²) in [5.74, 6) is 2.15. The van der Waals surface area contributed by atoms with Crippen molar-refractivity contribution in [2.75, 3.05) is 26.6 Å². The zero-order valence-electron chi connectivity index (χ0n) is 13.8. The van der Waals surface area contributed by atoms with Crippen molar-refractivity contribution in [2.24, 2.45) is 10.7 Å². The average molecular weight is 444 g/mol. The summed E-state index contributed by atoms with van der Waals surface area (Å²) >= 11 is 0. The molecule has 7 nitrogen and oxygen atoms in total. The monoisotopic (exact) mass is 444 g/mol. The number of aliphatic imine (C=N–C) groups is 1. The van der Waals surface area contributed by atoms with Crippen LogP contribution in [0.3, 0.4) is 0 Å². The molecule has 0 spiro atoms. The highest BCUT2D eigenvalue weighted by atomic mass is 127. The molecule has 1 aromatic carbocycles. The molecule has 130 valence electrons. The predicted octanol–water partition coefficient (Wildman–Crippen LogP) is 2.65. The molecule has 0 bridgehead atoms. The van der Waals surface area contributed by atoms with E-state index in [1.807, 2.05) is 12.1 Å². The Kier molecular flexibility index (Phi) is 8.10. The van der Waals surface area contributed by atoms with Gasteiger partial charge in [-0.2, -0.15) is 0 Å². The summed E-state index contributed by atoms with van der Waals surface area (Å²) in [5.41, 5.74) is 7.56. The van der Waals surface area contributed by atoms with Crippen LogP contribution >= 0.6 is 24.0 Å². The van der Waals surface area contributed by atoms with Gasteiger partial charge in [0.15, 0.2) is 5.96 Å². The molecule has 0 fully saturated rings. The smallest absolute Gasteiger partial charge is 0.213 e. The number of anilines is 1. The van der Waals surface area contributed by atoms with Gasteiger partial charge in [-0.05, 0) is 23.8 Å². The summed E-state index contributed by atoms with van der Waals surface area (Å²) in [5, 5.41) is 3.01. The minimum Gasteiger partial charge on any atom is -0.497 e. The molecule has 24 heavy (non-hydrogen) atoms. The number of rotatable bonds is 6. The Morgan fingerprint density at radius 3 is 2.58 bits per heavy atom. The zero-order chi connectivity index (χ0) is 16.7. The lowest BCUT2D eigenvalue weighted by Gasteiger charge is -2.12. The predicted molar refractivity (Wildman–Crippen MR) is 105 cm³/mol. The molecule has 1 aromatic heterocycles. The van der Waals surface area contributed by atoms with Crippen LogP contribution in [0.4, 0.5) is 5.69 Å². The quantitative estimate of drug-likeness (QED) is 0.405. The molecule has 0 amide bonds. The van der Waals surface area contributed by atoms with Crippen LogP contribution < -0.4 is 25.3 Å². The number of aromatic nitrogens is 1. The van der Waals surface area contributed by atoms with Crippen LogP contribution in [0.1, 0.15) is 5.56 Å². The van der Waals surface area contributed by atoms with Gasteiger partial charge in [0.2, 0.25) is 5.88 Å². The lowest BCUT2D eigenvalue weighted by atomic mass is 10.2. The first-order chi connectivity index (χ1) is 11.2. The number of benzene rings is 1. The van der Waals surface area contributed by atoms with Crippen molar-refractivity contribution in [3.05, 3.63) is 42.1 Å². The van der Waals surface area contributed by atoms with Gasteiger partial charge in [0.05, 0.1) is 33.6 Å². The highest BCUT2D eigenvalue weighted by Gasteiger charge is 2.06. The van der Waals surface area contributed by atoms with Crippen LogP contribution in [0.2, 0.25) is 0 Å². The molecule has 0 atom stereocenters. The third-order valence-electron chi connectivity index (χ3n) is 3.11. The van der Waals surface area contributed by atoms with E-state index in [9.17, 15) is 0 Å². The Balaban J connectivity index is 0.00000288. The van der Waals surface area contributed by atoms with E-state index in [0.717, 1.165) is 5.56 Å². The van der Waals surface area contributed by atoms with Crippen molar-refractivity contribution in [2.45, 2.75) is 6.54 Å². The largest absolute Gasteiger partial charge is 0.497 e. The number of guanidine groups is 1. The second-order valence-electron chi connectivity index (χ2n) is 4.60. The van der Waals surface area contributed by atoms with Gasteiger partial charge in [-0.3, -0.25) is 0 Å². The maximum absolute atomic E-state index is 5.93. The van der Waals surface area contributed by atoms with Gasteiger partial charge in [-0.25, -0.2) is 9.98 Å². The molecule has 0 saturated heterocycles. The average Bonchev–Trinajstić information content (AvgIpc) is 2.60. The third-order valence-corrected chi connectivity index (χ3v) is 3.11. The number of hydrogen-bond acceptors (Lipinski definition) is 5. The second-order valence-corrected chi connectivity index (χ2v) is 4.60. The Bertz CT molecular complexity index is 695. The number of nitrogens with zero attached hydrogens (tertiary/aromatic N) is 2. The van der Waals surface area contributed by atoms with Crippen molar-refractivity contribution in [1.29, 1.82) is 0 Å². The number of halogens is 1. The minimum atomic E-state index is 0. The van der Waals surface area contributed by atoms with Crippen LogP contribution in [-0.4, -0.2) is 32.3 Å². The van der Waals surface area contributed by atoms with E-state index in [1.54, 1.807) is 45.7 Å². The van der Waals surface area contributed by atoms with Gasteiger partial charge in [0.1, 0.15) is 11.5 Å². The maximum Gasteiger partial charge on any atom is 0.213 e. The van der Waals surface area contributed by atoms with Crippen molar-refractivity contribution in [3.63, 3.8) is 0 Å². The molecule has 0 saturated carbocycles. The SMILES string of the molecule is COc1ccc(OC)c(NC(N)=NCc2ccnc(OC)c2)c1.I. The fourth-order valence-corrected chi connectivity index (χ4v) is 1.93. The van der Waals surface area contributed by atoms with Crippen molar-refractivity contribution in [1.82, 2.24) is 4.98 Å². The molecule has 0 radical (unpaired) electrons. The molecule has 2 aromatic rings. The summed E-state index contributed by atoms with van der Waals surface area (Å²) in [6.45, 7) is 0.407. The molecule has 0 aliphatic carbocycles. The summed E-state index contributed by atoms with van der Waals surface area (Å²) in [6.07, 6.45) is 1.67. The number of nitrogens with one attached hydrogen (secondary N) is 1. The van der Waals surface area contributed by atoms with E-state index in [4.69, 9.17) is 19.9 Å². The van der Waals surface area contributed by atoms with Crippen LogP contribution in [0, 0.1) is 0 Å². The fourth-order valence-electron chi connectivity index (χ4n) is 1.93. The summed E-state index contributed by atoms with van der Waals surface area (Å²) in [4.78, 5) is 8.35. The highest BCUT2D eigenvalue weighted by molar-refractivity contribution is 14.0. The van der Waals surface area contributed by atoms with Gasteiger partial charge in [-0.1, -0.05) is 0 Å². The number of nitrogens with two attached hydrogens (primary N) is 1. The van der Waals surface area contributed by atoms with Gasteiger partial charge >= 0.3 is 0 Å². The third kappa shape index (κ3) is 5.44. The van der Waals surface area contributed by atoms with E-state index in [1.165, 1.54) is 0 Å².